The van der Waals surface area contributed by atoms with Gasteiger partial charge in [0.15, 0.2) is 5.65 Å². The van der Waals surface area contributed by atoms with E-state index >= 15 is 0 Å². The van der Waals surface area contributed by atoms with Crippen LogP contribution in [0, 0.1) is 36.5 Å². The van der Waals surface area contributed by atoms with Crippen molar-refractivity contribution < 1.29 is 4.79 Å². The van der Waals surface area contributed by atoms with E-state index in [4.69, 9.17) is 10.5 Å². The lowest BCUT2D eigenvalue weighted by Crippen LogP contribution is -2.23. The highest BCUT2D eigenvalue weighted by atomic mass is 16.1. The average molecular weight is 358 g/mol. The number of hydrogen-bond donors (Lipinski definition) is 1. The van der Waals surface area contributed by atoms with Crippen LogP contribution in [0.2, 0.25) is 0 Å². The second kappa shape index (κ2) is 7.67. The van der Waals surface area contributed by atoms with Crippen molar-refractivity contribution in [3.63, 3.8) is 0 Å². The molecule has 0 fully saturated rings. The van der Waals surface area contributed by atoms with Crippen LogP contribution in [0.25, 0.3) is 5.65 Å². The number of aromatic nitrogens is 3. The molecule has 0 saturated heterocycles. The first-order valence-electron chi connectivity index (χ1n) is 8.53. The molecule has 0 unspecified atom stereocenters. The van der Waals surface area contributed by atoms with Crippen molar-refractivity contribution in [2.24, 2.45) is 0 Å². The van der Waals surface area contributed by atoms with E-state index in [0.717, 1.165) is 22.5 Å². The summed E-state index contributed by atoms with van der Waals surface area (Å²) in [5.74, 6) is -0.0589. The molecule has 3 rings (SSSR count). The van der Waals surface area contributed by atoms with Gasteiger partial charge < -0.3 is 5.32 Å². The molecule has 27 heavy (non-hydrogen) atoms. The molecule has 0 spiro atoms. The normalized spacial score (nSPS) is 10.4. The Labute approximate surface area is 156 Å². The molecule has 0 atom stereocenters. The fraction of sp³-hybridized carbons (Fsp3) is 0.250. The van der Waals surface area contributed by atoms with Gasteiger partial charge in [-0.3, -0.25) is 4.79 Å². The molecule has 0 aliphatic rings. The van der Waals surface area contributed by atoms with Gasteiger partial charge in [0.25, 0.3) is 0 Å². The van der Waals surface area contributed by atoms with Crippen LogP contribution in [0.15, 0.2) is 30.5 Å². The summed E-state index contributed by atoms with van der Waals surface area (Å²) in [6.07, 6.45) is 2.38. The van der Waals surface area contributed by atoms with Gasteiger partial charge in [-0.25, -0.2) is 9.50 Å². The molecule has 0 aliphatic carbocycles. The number of carbonyl (C=O) groups is 1. The molecule has 134 valence electrons. The van der Waals surface area contributed by atoms with Gasteiger partial charge in [0.05, 0.1) is 17.8 Å². The molecule has 1 N–H and O–H groups in total. The second-order valence-corrected chi connectivity index (χ2v) is 6.25. The highest BCUT2D eigenvalue weighted by Crippen LogP contribution is 2.18. The van der Waals surface area contributed by atoms with E-state index in [1.165, 1.54) is 6.20 Å². The van der Waals surface area contributed by atoms with Gasteiger partial charge in [-0.1, -0.05) is 12.1 Å². The van der Waals surface area contributed by atoms with Crippen LogP contribution in [0.4, 0.5) is 0 Å². The van der Waals surface area contributed by atoms with Crippen molar-refractivity contribution >= 4 is 11.6 Å². The predicted molar refractivity (Wildman–Crippen MR) is 98.5 cm³/mol. The Balaban J connectivity index is 1.65. The Morgan fingerprint density at radius 3 is 2.59 bits per heavy atom. The molecular formula is C20H18N6O. The van der Waals surface area contributed by atoms with Crippen LogP contribution >= 0.6 is 0 Å². The number of amides is 1. The van der Waals surface area contributed by atoms with E-state index in [9.17, 15) is 4.79 Å². The van der Waals surface area contributed by atoms with E-state index in [0.29, 0.717) is 36.2 Å². The first-order chi connectivity index (χ1) is 13.0. The molecule has 0 aliphatic heterocycles. The quantitative estimate of drug-likeness (QED) is 0.753. The number of nitrogens with zero attached hydrogens (tertiary/aromatic N) is 5. The summed E-state index contributed by atoms with van der Waals surface area (Å²) in [5, 5.41) is 25.0. The molecule has 7 nitrogen and oxygen atoms in total. The van der Waals surface area contributed by atoms with Gasteiger partial charge >= 0.3 is 0 Å². The maximum absolute atomic E-state index is 12.2. The Bertz CT molecular complexity index is 1080. The number of nitrogens with one attached hydrogen (secondary N) is 1. The third kappa shape index (κ3) is 3.78. The minimum absolute atomic E-state index is 0.0589. The van der Waals surface area contributed by atoms with Gasteiger partial charge in [0.2, 0.25) is 5.91 Å². The van der Waals surface area contributed by atoms with E-state index in [2.05, 4.69) is 27.5 Å². The fourth-order valence-electron chi connectivity index (χ4n) is 2.98. The van der Waals surface area contributed by atoms with Crippen LogP contribution in [-0.4, -0.2) is 20.5 Å². The summed E-state index contributed by atoms with van der Waals surface area (Å²) in [6, 6.07) is 11.3. The van der Waals surface area contributed by atoms with Crippen molar-refractivity contribution in [2.75, 3.05) is 0 Å². The first kappa shape index (κ1) is 18.1. The van der Waals surface area contributed by atoms with Crippen LogP contribution in [0.1, 0.15) is 40.1 Å². The Kier molecular flexibility index (Phi) is 5.14. The zero-order chi connectivity index (χ0) is 19.4. The topological polar surface area (TPSA) is 107 Å². The molecule has 1 aromatic carbocycles. The Hall–Kier alpha value is -3.71. The van der Waals surface area contributed by atoms with Crippen molar-refractivity contribution in [1.29, 1.82) is 10.5 Å². The molecular weight excluding hydrogens is 340 g/mol. The van der Waals surface area contributed by atoms with Crippen molar-refractivity contribution in [3.8, 4) is 12.1 Å². The number of aryl methyl sites for hydroxylation is 2. The molecule has 2 aromatic heterocycles. The fourth-order valence-corrected chi connectivity index (χ4v) is 2.98. The minimum Gasteiger partial charge on any atom is -0.352 e. The van der Waals surface area contributed by atoms with Crippen LogP contribution in [0.3, 0.4) is 0 Å². The summed E-state index contributed by atoms with van der Waals surface area (Å²) in [6.45, 7) is 4.22. The number of carbonyl (C=O) groups excluding carboxylic acids is 1. The number of rotatable bonds is 5. The molecule has 3 aromatic rings. The lowest BCUT2D eigenvalue weighted by atomic mass is 10.1. The summed E-state index contributed by atoms with van der Waals surface area (Å²) in [5.41, 5.74) is 5.17. The van der Waals surface area contributed by atoms with Crippen molar-refractivity contribution in [2.45, 2.75) is 33.2 Å². The highest BCUT2D eigenvalue weighted by molar-refractivity contribution is 5.76. The van der Waals surface area contributed by atoms with Gasteiger partial charge in [0, 0.05) is 24.4 Å². The SMILES string of the molecule is Cc1nc2c(C#N)cnn2c(C)c1CCC(=O)NCc1ccc(C#N)cc1. The van der Waals surface area contributed by atoms with Gasteiger partial charge in [-0.05, 0) is 43.5 Å². The van der Waals surface area contributed by atoms with E-state index in [1.807, 2.05) is 26.0 Å². The number of fused-ring (bicyclic) bond motifs is 1. The Morgan fingerprint density at radius 1 is 1.19 bits per heavy atom. The second-order valence-electron chi connectivity index (χ2n) is 6.25. The van der Waals surface area contributed by atoms with E-state index in [1.54, 1.807) is 16.6 Å². The van der Waals surface area contributed by atoms with Gasteiger partial charge in [0.1, 0.15) is 11.6 Å². The number of benzene rings is 1. The number of nitriles is 2. The third-order valence-corrected chi connectivity index (χ3v) is 4.50. The maximum atomic E-state index is 12.2. The van der Waals surface area contributed by atoms with Crippen molar-refractivity contribution in [1.82, 2.24) is 19.9 Å². The van der Waals surface area contributed by atoms with E-state index in [-0.39, 0.29) is 5.91 Å². The molecule has 1 amide bonds. The zero-order valence-corrected chi connectivity index (χ0v) is 15.2. The first-order valence-corrected chi connectivity index (χ1v) is 8.53. The molecule has 2 heterocycles. The van der Waals surface area contributed by atoms with Gasteiger partial charge in [-0.15, -0.1) is 0 Å². The monoisotopic (exact) mass is 358 g/mol. The smallest absolute Gasteiger partial charge is 0.220 e. The average Bonchev–Trinajstić information content (AvgIpc) is 3.09. The minimum atomic E-state index is -0.0589. The molecule has 0 saturated carbocycles. The summed E-state index contributed by atoms with van der Waals surface area (Å²) < 4.78 is 1.65. The largest absolute Gasteiger partial charge is 0.352 e. The third-order valence-electron chi connectivity index (χ3n) is 4.50. The summed E-state index contributed by atoms with van der Waals surface area (Å²) in [7, 11) is 0. The van der Waals surface area contributed by atoms with Crippen LogP contribution < -0.4 is 5.32 Å². The van der Waals surface area contributed by atoms with Gasteiger partial charge in [-0.2, -0.15) is 15.6 Å². The summed E-state index contributed by atoms with van der Waals surface area (Å²) >= 11 is 0. The highest BCUT2D eigenvalue weighted by Gasteiger charge is 2.14. The van der Waals surface area contributed by atoms with Crippen LogP contribution in [-0.2, 0) is 17.8 Å². The summed E-state index contributed by atoms with van der Waals surface area (Å²) in [4.78, 5) is 16.7. The molecule has 0 radical (unpaired) electrons. The zero-order valence-electron chi connectivity index (χ0n) is 15.2. The standard InChI is InChI=1S/C20H18N6O/c1-13-18(14(2)26-20(25-13)17(10-22)12-24-26)7-8-19(27)23-11-16-5-3-15(9-21)4-6-16/h3-6,12H,7-8,11H2,1-2H3,(H,23,27). The van der Waals surface area contributed by atoms with E-state index < -0.39 is 0 Å². The van der Waals surface area contributed by atoms with Crippen LogP contribution in [0.5, 0.6) is 0 Å². The molecule has 7 heteroatoms. The predicted octanol–water partition coefficient (Wildman–Crippen LogP) is 2.34. The van der Waals surface area contributed by atoms with Crippen molar-refractivity contribution in [3.05, 3.63) is 64.1 Å². The molecule has 0 bridgehead atoms. The number of hydrogen-bond acceptors (Lipinski definition) is 5. The Morgan fingerprint density at radius 2 is 1.93 bits per heavy atom. The lowest BCUT2D eigenvalue weighted by molar-refractivity contribution is -0.121. The lowest BCUT2D eigenvalue weighted by Gasteiger charge is -2.11. The maximum Gasteiger partial charge on any atom is 0.220 e.